The Hall–Kier alpha value is -4.93. The number of aromatic nitrogens is 5. The van der Waals surface area contributed by atoms with E-state index in [9.17, 15) is 4.79 Å². The van der Waals surface area contributed by atoms with Gasteiger partial charge in [-0.15, -0.1) is 11.3 Å². The molecular weight excluding hydrogens is 532 g/mol. The zero-order chi connectivity index (χ0) is 27.8. The molecule has 1 aliphatic rings. The second-order valence-electron chi connectivity index (χ2n) is 10.0. The van der Waals surface area contributed by atoms with Crippen molar-refractivity contribution in [2.45, 2.75) is 13.0 Å². The number of rotatable bonds is 6. The second-order valence-corrected chi connectivity index (χ2v) is 10.9. The highest BCUT2D eigenvalue weighted by Gasteiger charge is 2.19. The number of amides is 1. The van der Waals surface area contributed by atoms with Gasteiger partial charge in [-0.05, 0) is 67.1 Å². The minimum Gasteiger partial charge on any atom is -0.324 e. The lowest BCUT2D eigenvalue weighted by molar-refractivity contribution is 0.103. The van der Waals surface area contributed by atoms with E-state index in [1.165, 1.54) is 22.5 Å². The maximum Gasteiger partial charge on any atom is 0.267 e. The molecule has 7 rings (SSSR count). The van der Waals surface area contributed by atoms with Gasteiger partial charge >= 0.3 is 0 Å². The predicted octanol–water partition coefficient (Wildman–Crippen LogP) is 5.90. The Morgan fingerprint density at radius 3 is 2.83 bits per heavy atom. The molecule has 41 heavy (non-hydrogen) atoms. The van der Waals surface area contributed by atoms with E-state index in [1.54, 1.807) is 17.9 Å². The number of nitrogens with one attached hydrogen (secondary N) is 2. The summed E-state index contributed by atoms with van der Waals surface area (Å²) in [7, 11) is 2.15. The smallest absolute Gasteiger partial charge is 0.267 e. The predicted molar refractivity (Wildman–Crippen MR) is 161 cm³/mol. The van der Waals surface area contributed by atoms with Crippen LogP contribution in [-0.2, 0) is 13.0 Å². The Morgan fingerprint density at radius 1 is 0.976 bits per heavy atom. The van der Waals surface area contributed by atoms with E-state index < -0.39 is 0 Å². The average Bonchev–Trinajstić information content (AvgIpc) is 3.66. The molecule has 5 heterocycles. The molecule has 0 unspecified atom stereocenters. The Morgan fingerprint density at radius 2 is 1.93 bits per heavy atom. The molecule has 4 aromatic heterocycles. The van der Waals surface area contributed by atoms with Crippen molar-refractivity contribution in [3.63, 3.8) is 0 Å². The lowest BCUT2D eigenvalue weighted by Crippen LogP contribution is -2.26. The number of carbonyl (C=O) groups excluding carboxylic acids is 1. The summed E-state index contributed by atoms with van der Waals surface area (Å²) in [4.78, 5) is 33.9. The van der Waals surface area contributed by atoms with Crippen LogP contribution in [0.1, 0.15) is 20.8 Å². The number of anilines is 3. The van der Waals surface area contributed by atoms with Crippen molar-refractivity contribution in [3.8, 4) is 22.6 Å². The highest BCUT2D eigenvalue weighted by molar-refractivity contribution is 7.11. The van der Waals surface area contributed by atoms with Crippen LogP contribution in [0.4, 0.5) is 17.3 Å². The largest absolute Gasteiger partial charge is 0.324 e. The first-order valence-corrected chi connectivity index (χ1v) is 14.2. The molecule has 9 nitrogen and oxygen atoms in total. The van der Waals surface area contributed by atoms with Crippen LogP contribution in [0.25, 0.3) is 28.3 Å². The monoisotopic (exact) mass is 558 g/mol. The Balaban J connectivity index is 1.24. The standard InChI is InChI=1S/C31H26N8OS/c1-38-14-11-20-8-9-24(16-22(20)18-38)35-31-33-12-10-25(36-31)29-28(37-27-7-2-3-13-39(27)29)21-5-4-6-23(15-21)34-30(40)26-17-32-19-41-26/h2-10,12-13,15-17,19H,11,14,18H2,1H3,(H,34,40)(H,33,35,36). The molecule has 0 fully saturated rings. The number of hydrogen-bond acceptors (Lipinski definition) is 8. The fourth-order valence-electron chi connectivity index (χ4n) is 5.16. The molecule has 2 N–H and O–H groups in total. The third-order valence-electron chi connectivity index (χ3n) is 7.14. The Kier molecular flexibility index (Phi) is 6.46. The van der Waals surface area contributed by atoms with Crippen LogP contribution in [0, 0.1) is 0 Å². The zero-order valence-corrected chi connectivity index (χ0v) is 23.1. The molecule has 2 aromatic carbocycles. The van der Waals surface area contributed by atoms with Crippen molar-refractivity contribution in [1.29, 1.82) is 0 Å². The van der Waals surface area contributed by atoms with Gasteiger partial charge in [-0.25, -0.2) is 15.0 Å². The molecule has 0 aliphatic carbocycles. The summed E-state index contributed by atoms with van der Waals surface area (Å²) in [6.45, 7) is 2.01. The van der Waals surface area contributed by atoms with Crippen LogP contribution in [0.3, 0.4) is 0 Å². The molecule has 0 atom stereocenters. The van der Waals surface area contributed by atoms with E-state index >= 15 is 0 Å². The average molecular weight is 559 g/mol. The molecule has 0 bridgehead atoms. The van der Waals surface area contributed by atoms with Crippen LogP contribution in [0.15, 0.2) is 90.8 Å². The number of likely N-dealkylation sites (N-methyl/N-ethyl adjacent to an activating group) is 1. The number of pyridine rings is 1. The van der Waals surface area contributed by atoms with Crippen molar-refractivity contribution in [2.24, 2.45) is 0 Å². The van der Waals surface area contributed by atoms with Crippen molar-refractivity contribution < 1.29 is 4.79 Å². The number of benzene rings is 2. The Labute approximate surface area is 240 Å². The molecule has 1 aliphatic heterocycles. The first kappa shape index (κ1) is 25.1. The summed E-state index contributed by atoms with van der Waals surface area (Å²) in [6.07, 6.45) is 6.36. The van der Waals surface area contributed by atoms with Gasteiger partial charge in [0.1, 0.15) is 10.5 Å². The number of hydrogen-bond donors (Lipinski definition) is 2. The summed E-state index contributed by atoms with van der Waals surface area (Å²) in [6, 6.07) is 21.9. The maximum atomic E-state index is 12.6. The fourth-order valence-corrected chi connectivity index (χ4v) is 5.68. The lowest BCUT2D eigenvalue weighted by atomic mass is 9.99. The first-order valence-electron chi connectivity index (χ1n) is 13.3. The van der Waals surface area contributed by atoms with Gasteiger partial charge in [0.15, 0.2) is 0 Å². The number of fused-ring (bicyclic) bond motifs is 2. The van der Waals surface area contributed by atoms with Gasteiger partial charge in [0, 0.05) is 42.4 Å². The van der Waals surface area contributed by atoms with Crippen molar-refractivity contribution in [2.75, 3.05) is 24.2 Å². The van der Waals surface area contributed by atoms with Gasteiger partial charge in [0.2, 0.25) is 5.95 Å². The molecular formula is C31H26N8OS. The van der Waals surface area contributed by atoms with Crippen LogP contribution in [0.5, 0.6) is 0 Å². The number of imidazole rings is 1. The van der Waals surface area contributed by atoms with Gasteiger partial charge in [0.25, 0.3) is 5.91 Å². The summed E-state index contributed by atoms with van der Waals surface area (Å²) in [5.74, 6) is 0.314. The zero-order valence-electron chi connectivity index (χ0n) is 22.3. The van der Waals surface area contributed by atoms with Crippen LogP contribution < -0.4 is 10.6 Å². The second kappa shape index (κ2) is 10.6. The number of nitrogens with zero attached hydrogens (tertiary/aromatic N) is 6. The van der Waals surface area contributed by atoms with Crippen LogP contribution in [0.2, 0.25) is 0 Å². The summed E-state index contributed by atoms with van der Waals surface area (Å²) in [5.41, 5.74) is 9.97. The molecule has 0 saturated carbocycles. The van der Waals surface area contributed by atoms with Crippen molar-refractivity contribution in [1.82, 2.24) is 29.2 Å². The van der Waals surface area contributed by atoms with E-state index in [2.05, 4.69) is 50.7 Å². The van der Waals surface area contributed by atoms with Crippen molar-refractivity contribution in [3.05, 3.63) is 107 Å². The molecule has 0 radical (unpaired) electrons. The number of thiazole rings is 1. The van der Waals surface area contributed by atoms with Gasteiger partial charge < -0.3 is 15.5 Å². The summed E-state index contributed by atoms with van der Waals surface area (Å²) < 4.78 is 2.03. The van der Waals surface area contributed by atoms with E-state index in [4.69, 9.17) is 9.97 Å². The SMILES string of the molecule is CN1CCc2ccc(Nc3nccc(-c4c(-c5cccc(NC(=O)c6cncs6)c5)nc5ccccn45)n3)cc2C1. The minimum atomic E-state index is -0.194. The quantitative estimate of drug-likeness (QED) is 0.263. The topological polar surface area (TPSA) is 100 Å². The van der Waals surface area contributed by atoms with Gasteiger partial charge in [-0.1, -0.05) is 24.3 Å². The van der Waals surface area contributed by atoms with Crippen LogP contribution >= 0.6 is 11.3 Å². The molecule has 0 spiro atoms. The van der Waals surface area contributed by atoms with Gasteiger partial charge in [-0.3, -0.25) is 14.2 Å². The third-order valence-corrected chi connectivity index (χ3v) is 7.92. The third kappa shape index (κ3) is 5.06. The molecule has 6 aromatic rings. The van der Waals surface area contributed by atoms with Crippen molar-refractivity contribution >= 4 is 40.2 Å². The summed E-state index contributed by atoms with van der Waals surface area (Å²) in [5, 5.41) is 6.37. The minimum absolute atomic E-state index is 0.194. The van der Waals surface area contributed by atoms with Gasteiger partial charge in [0.05, 0.1) is 28.8 Å². The highest BCUT2D eigenvalue weighted by Crippen LogP contribution is 2.34. The molecule has 202 valence electrons. The lowest BCUT2D eigenvalue weighted by Gasteiger charge is -2.25. The Bertz CT molecular complexity index is 1880. The van der Waals surface area contributed by atoms with Gasteiger partial charge in [-0.2, -0.15) is 0 Å². The fraction of sp³-hybridized carbons (Fsp3) is 0.129. The number of carbonyl (C=O) groups is 1. The molecule has 1 amide bonds. The first-order chi connectivity index (χ1) is 20.1. The maximum absolute atomic E-state index is 12.6. The van der Waals surface area contributed by atoms with E-state index in [1.807, 2.05) is 59.1 Å². The van der Waals surface area contributed by atoms with E-state index in [0.717, 1.165) is 53.5 Å². The normalized spacial score (nSPS) is 13.2. The van der Waals surface area contributed by atoms with E-state index in [0.29, 0.717) is 16.5 Å². The van der Waals surface area contributed by atoms with E-state index in [-0.39, 0.29) is 5.91 Å². The molecule has 10 heteroatoms. The van der Waals surface area contributed by atoms with Crippen LogP contribution in [-0.4, -0.2) is 48.7 Å². The molecule has 0 saturated heterocycles. The highest BCUT2D eigenvalue weighted by atomic mass is 32.1. The summed E-state index contributed by atoms with van der Waals surface area (Å²) >= 11 is 1.30.